The number of aromatic nitrogens is 5. The van der Waals surface area contributed by atoms with Crippen molar-refractivity contribution in [3.05, 3.63) is 73.0 Å². The van der Waals surface area contributed by atoms with Crippen LogP contribution in [0.15, 0.2) is 61.6 Å². The Morgan fingerprint density at radius 2 is 1.77 bits per heavy atom. The zero-order chi connectivity index (χ0) is 17.8. The van der Waals surface area contributed by atoms with Gasteiger partial charge in [0.1, 0.15) is 30.3 Å². The van der Waals surface area contributed by atoms with E-state index in [1.54, 1.807) is 31.0 Å². The lowest BCUT2D eigenvalue weighted by molar-refractivity contribution is 0.305. The molecule has 0 amide bonds. The van der Waals surface area contributed by atoms with E-state index in [1.165, 1.54) is 6.33 Å². The van der Waals surface area contributed by atoms with Crippen molar-refractivity contribution in [2.75, 3.05) is 5.32 Å². The van der Waals surface area contributed by atoms with E-state index in [2.05, 4.69) is 30.2 Å². The Morgan fingerprint density at radius 3 is 2.58 bits per heavy atom. The van der Waals surface area contributed by atoms with Crippen LogP contribution >= 0.6 is 0 Å². The van der Waals surface area contributed by atoms with Gasteiger partial charge in [0, 0.05) is 29.5 Å². The van der Waals surface area contributed by atoms with Crippen molar-refractivity contribution in [1.82, 2.24) is 24.9 Å². The van der Waals surface area contributed by atoms with E-state index in [0.717, 1.165) is 39.4 Å². The average molecular weight is 344 g/mol. The number of rotatable bonds is 5. The van der Waals surface area contributed by atoms with Gasteiger partial charge >= 0.3 is 0 Å². The molecule has 0 fully saturated rings. The molecule has 3 aromatic heterocycles. The fraction of sp³-hybridized carbons (Fsp3) is 0.105. The van der Waals surface area contributed by atoms with E-state index in [-0.39, 0.29) is 0 Å². The number of ether oxygens (including phenoxy) is 1. The van der Waals surface area contributed by atoms with Crippen molar-refractivity contribution < 1.29 is 4.74 Å². The van der Waals surface area contributed by atoms with Crippen LogP contribution in [0.25, 0.3) is 10.8 Å². The Morgan fingerprint density at radius 1 is 0.962 bits per heavy atom. The van der Waals surface area contributed by atoms with Crippen LogP contribution < -0.4 is 10.1 Å². The molecule has 0 aliphatic rings. The van der Waals surface area contributed by atoms with Crippen LogP contribution in [0.3, 0.4) is 0 Å². The monoisotopic (exact) mass is 344 g/mol. The molecule has 128 valence electrons. The number of hydrogen-bond acceptors (Lipinski definition) is 7. The largest absolute Gasteiger partial charge is 0.489 e. The summed E-state index contributed by atoms with van der Waals surface area (Å²) in [6.07, 6.45) is 10.2. The fourth-order valence-electron chi connectivity index (χ4n) is 2.51. The first-order valence-electron chi connectivity index (χ1n) is 8.09. The third-order valence-corrected chi connectivity index (χ3v) is 3.80. The smallest absolute Gasteiger partial charge is 0.138 e. The molecule has 0 saturated carbocycles. The molecule has 4 aromatic rings. The van der Waals surface area contributed by atoms with Crippen LogP contribution in [0.5, 0.6) is 5.75 Å². The van der Waals surface area contributed by atoms with Crippen LogP contribution in [-0.4, -0.2) is 24.9 Å². The third-order valence-electron chi connectivity index (χ3n) is 3.80. The zero-order valence-electron chi connectivity index (χ0n) is 14.1. The molecule has 0 atom stereocenters. The van der Waals surface area contributed by atoms with E-state index in [4.69, 9.17) is 4.74 Å². The molecule has 7 nitrogen and oxygen atoms in total. The van der Waals surface area contributed by atoms with Crippen LogP contribution in [0.1, 0.15) is 11.4 Å². The summed E-state index contributed by atoms with van der Waals surface area (Å²) < 4.78 is 5.83. The standard InChI is InChI=1S/C19H16N6O/c1-13-23-9-16(10-24-13)25-19-18-3-2-17(6-15(18)4-5-22-19)26-11-14-7-20-12-21-8-14/h2-10,12H,11H2,1H3,(H,22,25). The van der Waals surface area contributed by atoms with E-state index in [0.29, 0.717) is 6.61 Å². The SMILES string of the molecule is Cc1ncc(Nc2nccc3cc(OCc4cncnc4)ccc23)cn1. The van der Waals surface area contributed by atoms with Crippen molar-refractivity contribution in [1.29, 1.82) is 0 Å². The van der Waals surface area contributed by atoms with Crippen LogP contribution in [0, 0.1) is 6.92 Å². The second-order valence-electron chi connectivity index (χ2n) is 5.72. The minimum absolute atomic E-state index is 0.420. The number of hydrogen-bond donors (Lipinski definition) is 1. The van der Waals surface area contributed by atoms with Gasteiger partial charge in [-0.05, 0) is 36.6 Å². The third kappa shape index (κ3) is 3.56. The van der Waals surface area contributed by atoms with Gasteiger partial charge in [0.15, 0.2) is 0 Å². The normalized spacial score (nSPS) is 10.7. The Labute approximate surface area is 150 Å². The summed E-state index contributed by atoms with van der Waals surface area (Å²) in [5, 5.41) is 5.27. The summed E-state index contributed by atoms with van der Waals surface area (Å²) in [4.78, 5) is 20.8. The van der Waals surface area contributed by atoms with E-state index < -0.39 is 0 Å². The van der Waals surface area contributed by atoms with Crippen LogP contribution in [-0.2, 0) is 6.61 Å². The van der Waals surface area contributed by atoms with Gasteiger partial charge in [0.05, 0.1) is 18.1 Å². The van der Waals surface area contributed by atoms with Gasteiger partial charge in [-0.2, -0.15) is 0 Å². The second kappa shape index (κ2) is 7.10. The van der Waals surface area contributed by atoms with E-state index in [1.807, 2.05) is 31.2 Å². The van der Waals surface area contributed by atoms with Crippen LogP contribution in [0.2, 0.25) is 0 Å². The van der Waals surface area contributed by atoms with Crippen molar-refractivity contribution in [2.24, 2.45) is 0 Å². The van der Waals surface area contributed by atoms with Crippen molar-refractivity contribution in [3.63, 3.8) is 0 Å². The first-order chi connectivity index (χ1) is 12.8. The lowest BCUT2D eigenvalue weighted by Gasteiger charge is -2.10. The Bertz CT molecular complexity index is 1020. The molecule has 0 radical (unpaired) electrons. The predicted octanol–water partition coefficient (Wildman–Crippen LogP) is 3.45. The first kappa shape index (κ1) is 15.9. The highest BCUT2D eigenvalue weighted by molar-refractivity contribution is 5.93. The summed E-state index contributed by atoms with van der Waals surface area (Å²) in [6.45, 7) is 2.27. The average Bonchev–Trinajstić information content (AvgIpc) is 2.69. The molecule has 0 aliphatic carbocycles. The molecular formula is C19H16N6O. The Balaban J connectivity index is 1.56. The number of benzene rings is 1. The molecule has 4 rings (SSSR count). The molecular weight excluding hydrogens is 328 g/mol. The van der Waals surface area contributed by atoms with Gasteiger partial charge in [0.25, 0.3) is 0 Å². The number of nitrogens with one attached hydrogen (secondary N) is 1. The number of fused-ring (bicyclic) bond motifs is 1. The summed E-state index contributed by atoms with van der Waals surface area (Å²) in [6, 6.07) is 7.84. The molecule has 26 heavy (non-hydrogen) atoms. The number of nitrogens with zero attached hydrogens (tertiary/aromatic N) is 5. The lowest BCUT2D eigenvalue weighted by Crippen LogP contribution is -1.98. The topological polar surface area (TPSA) is 85.7 Å². The Kier molecular flexibility index (Phi) is 4.34. The molecule has 7 heteroatoms. The highest BCUT2D eigenvalue weighted by Crippen LogP contribution is 2.27. The number of pyridine rings is 1. The van der Waals surface area contributed by atoms with Crippen molar-refractivity contribution >= 4 is 22.3 Å². The molecule has 1 N–H and O–H groups in total. The maximum atomic E-state index is 5.83. The zero-order valence-corrected chi connectivity index (χ0v) is 14.1. The lowest BCUT2D eigenvalue weighted by atomic mass is 10.1. The summed E-state index contributed by atoms with van der Waals surface area (Å²) in [5.74, 6) is 2.25. The van der Waals surface area contributed by atoms with Crippen LogP contribution in [0.4, 0.5) is 11.5 Å². The summed E-state index contributed by atoms with van der Waals surface area (Å²) in [5.41, 5.74) is 1.71. The van der Waals surface area contributed by atoms with Gasteiger partial charge in [-0.1, -0.05) is 0 Å². The predicted molar refractivity (Wildman–Crippen MR) is 98.2 cm³/mol. The number of anilines is 2. The maximum absolute atomic E-state index is 5.83. The fourth-order valence-corrected chi connectivity index (χ4v) is 2.51. The first-order valence-corrected chi connectivity index (χ1v) is 8.09. The van der Waals surface area contributed by atoms with Gasteiger partial charge < -0.3 is 10.1 Å². The summed E-state index contributed by atoms with van der Waals surface area (Å²) in [7, 11) is 0. The Hall–Kier alpha value is -3.61. The maximum Gasteiger partial charge on any atom is 0.138 e. The van der Waals surface area contributed by atoms with Gasteiger partial charge in [-0.15, -0.1) is 0 Å². The number of aryl methyl sites for hydroxylation is 1. The minimum Gasteiger partial charge on any atom is -0.489 e. The quantitative estimate of drug-likeness (QED) is 0.593. The van der Waals surface area contributed by atoms with Gasteiger partial charge in [-0.3, -0.25) is 0 Å². The molecule has 0 saturated heterocycles. The van der Waals surface area contributed by atoms with E-state index >= 15 is 0 Å². The molecule has 1 aromatic carbocycles. The molecule has 3 heterocycles. The van der Waals surface area contributed by atoms with Crippen molar-refractivity contribution in [2.45, 2.75) is 13.5 Å². The van der Waals surface area contributed by atoms with E-state index in [9.17, 15) is 0 Å². The summed E-state index contributed by atoms with van der Waals surface area (Å²) >= 11 is 0. The minimum atomic E-state index is 0.420. The van der Waals surface area contributed by atoms with Gasteiger partial charge in [0.2, 0.25) is 0 Å². The highest BCUT2D eigenvalue weighted by Gasteiger charge is 2.06. The molecule has 0 aliphatic heterocycles. The van der Waals surface area contributed by atoms with Crippen molar-refractivity contribution in [3.8, 4) is 5.75 Å². The van der Waals surface area contributed by atoms with Gasteiger partial charge in [-0.25, -0.2) is 24.9 Å². The second-order valence-corrected chi connectivity index (χ2v) is 5.72. The molecule has 0 spiro atoms. The molecule has 0 unspecified atom stereocenters. The highest BCUT2D eigenvalue weighted by atomic mass is 16.5. The molecule has 0 bridgehead atoms.